The van der Waals surface area contributed by atoms with Crippen molar-refractivity contribution in [3.8, 4) is 0 Å². The van der Waals surface area contributed by atoms with Gasteiger partial charge in [0.2, 0.25) is 0 Å². The van der Waals surface area contributed by atoms with Crippen LogP contribution in [0.15, 0.2) is 0 Å². The second-order valence-electron chi connectivity index (χ2n) is 4.26. The van der Waals surface area contributed by atoms with Gasteiger partial charge in [0, 0.05) is 12.6 Å². The maximum absolute atomic E-state index is 8.69. The van der Waals surface area contributed by atoms with E-state index in [4.69, 9.17) is 19.6 Å². The zero-order valence-corrected chi connectivity index (χ0v) is 10.2. The minimum atomic E-state index is -1.13. The number of rotatable bonds is 6. The van der Waals surface area contributed by atoms with E-state index in [-0.39, 0.29) is 6.15 Å². The summed E-state index contributed by atoms with van der Waals surface area (Å²) in [5, 5.41) is 24.0. The molecule has 6 nitrogen and oxygen atoms in total. The quantitative estimate of drug-likeness (QED) is 0.440. The van der Waals surface area contributed by atoms with Gasteiger partial charge in [0.1, 0.15) is 0 Å². The number of nitrogens with one attached hydrogen (secondary N) is 2. The van der Waals surface area contributed by atoms with Crippen LogP contribution in [0.1, 0.15) is 19.3 Å². The van der Waals surface area contributed by atoms with Gasteiger partial charge in [-0.15, -0.1) is 0 Å². The Morgan fingerprint density at radius 3 is 2.65 bits per heavy atom. The lowest BCUT2D eigenvalue weighted by Crippen LogP contribution is -2.31. The van der Waals surface area contributed by atoms with Crippen LogP contribution < -0.4 is 10.6 Å². The molecule has 1 aliphatic rings. The van der Waals surface area contributed by atoms with Gasteiger partial charge >= 0.3 is 13.3 Å². The Labute approximate surface area is 102 Å². The van der Waals surface area contributed by atoms with Crippen LogP contribution in [-0.4, -0.2) is 49.5 Å². The molecule has 1 saturated heterocycles. The van der Waals surface area contributed by atoms with E-state index in [0.29, 0.717) is 18.3 Å². The molecule has 0 unspecified atom stereocenters. The molecule has 1 rings (SSSR count). The van der Waals surface area contributed by atoms with Gasteiger partial charge in [-0.1, -0.05) is 6.42 Å². The van der Waals surface area contributed by atoms with Crippen molar-refractivity contribution >= 4 is 13.3 Å². The number of hydrogen-bond donors (Lipinski definition) is 4. The molecule has 17 heavy (non-hydrogen) atoms. The van der Waals surface area contributed by atoms with E-state index >= 15 is 0 Å². The fourth-order valence-electron chi connectivity index (χ4n) is 2.11. The van der Waals surface area contributed by atoms with E-state index in [0.717, 1.165) is 25.9 Å². The minimum absolute atomic E-state index is 0.250. The second kappa shape index (κ2) is 10.4. The normalized spacial score (nSPS) is 22.5. The van der Waals surface area contributed by atoms with Crippen LogP contribution in [0.3, 0.4) is 0 Å². The molecule has 1 heterocycles. The highest BCUT2D eigenvalue weighted by atomic mass is 16.4. The van der Waals surface area contributed by atoms with Crippen LogP contribution in [-0.2, 0) is 9.59 Å². The fourth-order valence-corrected chi connectivity index (χ4v) is 2.11. The van der Waals surface area contributed by atoms with E-state index in [1.807, 2.05) is 7.05 Å². The highest BCUT2D eigenvalue weighted by molar-refractivity contribution is 6.40. The lowest BCUT2D eigenvalue weighted by atomic mass is 9.82. The van der Waals surface area contributed by atoms with Crippen LogP contribution in [0.2, 0.25) is 6.32 Å². The molecule has 0 bridgehead atoms. The van der Waals surface area contributed by atoms with Crippen LogP contribution in [0, 0.1) is 5.92 Å². The molecule has 0 spiro atoms. The van der Waals surface area contributed by atoms with E-state index in [9.17, 15) is 0 Å². The summed E-state index contributed by atoms with van der Waals surface area (Å²) >= 11 is 0. The van der Waals surface area contributed by atoms with Crippen molar-refractivity contribution in [2.24, 2.45) is 5.92 Å². The zero-order valence-electron chi connectivity index (χ0n) is 10.2. The SMILES string of the molecule is CNC[C@@H]1C[C@@H](CCCB(O)O)CN1.O=C=O. The Morgan fingerprint density at radius 1 is 1.47 bits per heavy atom. The van der Waals surface area contributed by atoms with Crippen molar-refractivity contribution in [2.75, 3.05) is 20.1 Å². The maximum atomic E-state index is 8.69. The second-order valence-corrected chi connectivity index (χ2v) is 4.26. The third-order valence-electron chi connectivity index (χ3n) is 2.84. The summed E-state index contributed by atoms with van der Waals surface area (Å²) in [6.07, 6.45) is 3.98. The van der Waals surface area contributed by atoms with E-state index in [1.54, 1.807) is 0 Å². The molecular formula is C10H21BN2O4. The van der Waals surface area contributed by atoms with E-state index in [1.165, 1.54) is 6.42 Å². The molecule has 4 N–H and O–H groups in total. The average Bonchev–Trinajstić information content (AvgIpc) is 2.67. The predicted octanol–water partition coefficient (Wildman–Crippen LogP) is -1.15. The first-order valence-electron chi connectivity index (χ1n) is 5.87. The van der Waals surface area contributed by atoms with Crippen molar-refractivity contribution in [1.82, 2.24) is 10.6 Å². The highest BCUT2D eigenvalue weighted by Crippen LogP contribution is 2.19. The van der Waals surface area contributed by atoms with E-state index < -0.39 is 7.12 Å². The van der Waals surface area contributed by atoms with Gasteiger partial charge < -0.3 is 20.7 Å². The number of carbonyl (C=O) groups excluding carboxylic acids is 2. The number of likely N-dealkylation sites (N-methyl/N-ethyl adjacent to an activating group) is 1. The first-order valence-corrected chi connectivity index (χ1v) is 5.87. The molecule has 0 amide bonds. The summed E-state index contributed by atoms with van der Waals surface area (Å²) in [6.45, 7) is 2.10. The lowest BCUT2D eigenvalue weighted by molar-refractivity contribution is -0.191. The molecule has 0 radical (unpaired) electrons. The highest BCUT2D eigenvalue weighted by Gasteiger charge is 2.23. The topological polar surface area (TPSA) is 98.7 Å². The molecule has 1 fully saturated rings. The summed E-state index contributed by atoms with van der Waals surface area (Å²) in [6, 6.07) is 0.601. The standard InChI is InChI=1S/C9H21BN2O2.CO2/c1-11-7-9-5-8(6-12-9)3-2-4-10(13)14;2-1-3/h8-9,11-14H,2-7H2,1H3;/t8-,9+;/m1./s1. The molecule has 2 atom stereocenters. The van der Waals surface area contributed by atoms with Gasteiger partial charge in [-0.2, -0.15) is 9.59 Å². The van der Waals surface area contributed by atoms with Crippen LogP contribution in [0.25, 0.3) is 0 Å². The molecule has 1 aliphatic heterocycles. The van der Waals surface area contributed by atoms with Gasteiger partial charge in [-0.25, -0.2) is 0 Å². The van der Waals surface area contributed by atoms with Crippen molar-refractivity contribution in [3.63, 3.8) is 0 Å². The van der Waals surface area contributed by atoms with Crippen LogP contribution in [0.5, 0.6) is 0 Å². The van der Waals surface area contributed by atoms with Crippen molar-refractivity contribution in [3.05, 3.63) is 0 Å². The minimum Gasteiger partial charge on any atom is -0.427 e. The fraction of sp³-hybridized carbons (Fsp3) is 0.900. The van der Waals surface area contributed by atoms with Crippen molar-refractivity contribution < 1.29 is 19.6 Å². The monoisotopic (exact) mass is 244 g/mol. The lowest BCUT2D eigenvalue weighted by Gasteiger charge is -2.09. The summed E-state index contributed by atoms with van der Waals surface area (Å²) < 4.78 is 0. The summed E-state index contributed by atoms with van der Waals surface area (Å²) in [5.41, 5.74) is 0. The largest absolute Gasteiger partial charge is 0.451 e. The Kier molecular flexibility index (Phi) is 10.0. The first kappa shape index (κ1) is 16.3. The van der Waals surface area contributed by atoms with Crippen molar-refractivity contribution in [2.45, 2.75) is 31.6 Å². The molecule has 0 aliphatic carbocycles. The first-order chi connectivity index (χ1) is 8.13. The van der Waals surface area contributed by atoms with Crippen LogP contribution >= 0.6 is 0 Å². The van der Waals surface area contributed by atoms with Gasteiger partial charge in [-0.05, 0) is 38.7 Å². The Hall–Kier alpha value is -0.715. The molecule has 0 aromatic carbocycles. The van der Waals surface area contributed by atoms with E-state index in [2.05, 4.69) is 10.6 Å². The zero-order chi connectivity index (χ0) is 13.1. The molecule has 0 saturated carbocycles. The van der Waals surface area contributed by atoms with Gasteiger partial charge in [0.15, 0.2) is 0 Å². The van der Waals surface area contributed by atoms with Crippen LogP contribution in [0.4, 0.5) is 0 Å². The molecule has 98 valence electrons. The Morgan fingerprint density at radius 2 is 2.12 bits per heavy atom. The summed E-state index contributed by atoms with van der Waals surface area (Å²) in [7, 11) is 0.842. The average molecular weight is 244 g/mol. The molecule has 7 heteroatoms. The summed E-state index contributed by atoms with van der Waals surface area (Å²) in [5.74, 6) is 0.715. The maximum Gasteiger partial charge on any atom is 0.451 e. The summed E-state index contributed by atoms with van der Waals surface area (Å²) in [4.78, 5) is 16.2. The number of hydrogen-bond acceptors (Lipinski definition) is 6. The smallest absolute Gasteiger partial charge is 0.427 e. The molecular weight excluding hydrogens is 223 g/mol. The Bertz CT molecular complexity index is 222. The molecule has 0 aromatic rings. The third kappa shape index (κ3) is 9.03. The van der Waals surface area contributed by atoms with Gasteiger partial charge in [-0.3, -0.25) is 0 Å². The predicted molar refractivity (Wildman–Crippen MR) is 63.1 cm³/mol. The van der Waals surface area contributed by atoms with Crippen molar-refractivity contribution in [1.29, 1.82) is 0 Å². The third-order valence-corrected chi connectivity index (χ3v) is 2.84. The Balaban J connectivity index is 0.000000770. The molecule has 0 aromatic heterocycles. The van der Waals surface area contributed by atoms with Gasteiger partial charge in [0.25, 0.3) is 0 Å². The van der Waals surface area contributed by atoms with Gasteiger partial charge in [0.05, 0.1) is 0 Å².